The van der Waals surface area contributed by atoms with Crippen molar-refractivity contribution in [2.75, 3.05) is 32.5 Å². The summed E-state index contributed by atoms with van der Waals surface area (Å²) in [6.45, 7) is 1.30. The summed E-state index contributed by atoms with van der Waals surface area (Å²) in [5, 5.41) is 2.84. The molecule has 1 heterocycles. The minimum Gasteiger partial charge on any atom is -0.368 e. The van der Waals surface area contributed by atoms with E-state index < -0.39 is 11.7 Å². The highest BCUT2D eigenvalue weighted by molar-refractivity contribution is 6.32. The summed E-state index contributed by atoms with van der Waals surface area (Å²) in [4.78, 5) is 5.60. The van der Waals surface area contributed by atoms with Crippen molar-refractivity contribution in [1.82, 2.24) is 9.88 Å². The Morgan fingerprint density at radius 1 is 1.41 bits per heavy atom. The van der Waals surface area contributed by atoms with Gasteiger partial charge in [0.15, 0.2) is 0 Å². The van der Waals surface area contributed by atoms with Crippen molar-refractivity contribution in [2.24, 2.45) is 0 Å². The number of aromatic nitrogens is 1. The maximum Gasteiger partial charge on any atom is 0.417 e. The van der Waals surface area contributed by atoms with Crippen LogP contribution in [0.1, 0.15) is 5.56 Å². The molecule has 7 heteroatoms. The van der Waals surface area contributed by atoms with E-state index in [-0.39, 0.29) is 10.8 Å². The fourth-order valence-corrected chi connectivity index (χ4v) is 1.35. The van der Waals surface area contributed by atoms with Crippen molar-refractivity contribution in [1.29, 1.82) is 0 Å². The zero-order valence-corrected chi connectivity index (χ0v) is 10.2. The van der Waals surface area contributed by atoms with Crippen LogP contribution in [0.25, 0.3) is 0 Å². The summed E-state index contributed by atoms with van der Waals surface area (Å²) in [5.41, 5.74) is -0.847. The van der Waals surface area contributed by atoms with E-state index in [1.165, 1.54) is 0 Å². The topological polar surface area (TPSA) is 28.2 Å². The first-order valence-corrected chi connectivity index (χ1v) is 5.30. The molecule has 0 aliphatic heterocycles. The molecule has 0 radical (unpaired) electrons. The molecule has 0 fully saturated rings. The third kappa shape index (κ3) is 4.40. The molecule has 0 saturated heterocycles. The van der Waals surface area contributed by atoms with Gasteiger partial charge in [0, 0.05) is 19.3 Å². The lowest BCUT2D eigenvalue weighted by molar-refractivity contribution is -0.137. The van der Waals surface area contributed by atoms with Gasteiger partial charge in [0.1, 0.15) is 5.82 Å². The molecule has 0 aromatic carbocycles. The number of anilines is 1. The van der Waals surface area contributed by atoms with Crippen LogP contribution in [0.4, 0.5) is 19.0 Å². The first-order chi connectivity index (χ1) is 7.80. The monoisotopic (exact) mass is 267 g/mol. The quantitative estimate of drug-likeness (QED) is 0.909. The lowest BCUT2D eigenvalue weighted by Crippen LogP contribution is -2.21. The Balaban J connectivity index is 2.70. The van der Waals surface area contributed by atoms with Crippen molar-refractivity contribution in [2.45, 2.75) is 6.18 Å². The highest BCUT2D eigenvalue weighted by atomic mass is 35.5. The fourth-order valence-electron chi connectivity index (χ4n) is 1.12. The summed E-state index contributed by atoms with van der Waals surface area (Å²) in [5.74, 6) is 0.265. The summed E-state index contributed by atoms with van der Waals surface area (Å²) < 4.78 is 37.0. The molecule has 1 N–H and O–H groups in total. The van der Waals surface area contributed by atoms with Gasteiger partial charge in [-0.25, -0.2) is 4.98 Å². The molecule has 0 amide bonds. The van der Waals surface area contributed by atoms with Gasteiger partial charge < -0.3 is 10.2 Å². The van der Waals surface area contributed by atoms with E-state index in [1.807, 2.05) is 19.0 Å². The molecule has 0 saturated carbocycles. The Morgan fingerprint density at radius 2 is 2.06 bits per heavy atom. The van der Waals surface area contributed by atoms with Crippen molar-refractivity contribution in [3.63, 3.8) is 0 Å². The van der Waals surface area contributed by atoms with Crippen LogP contribution in [0, 0.1) is 0 Å². The van der Waals surface area contributed by atoms with Crippen LogP contribution >= 0.6 is 11.6 Å². The zero-order valence-electron chi connectivity index (χ0n) is 9.48. The van der Waals surface area contributed by atoms with Crippen LogP contribution in [-0.4, -0.2) is 37.1 Å². The normalized spacial score (nSPS) is 11.9. The lowest BCUT2D eigenvalue weighted by Gasteiger charge is -2.13. The lowest BCUT2D eigenvalue weighted by atomic mass is 10.3. The molecular weight excluding hydrogens is 255 g/mol. The molecule has 17 heavy (non-hydrogen) atoms. The van der Waals surface area contributed by atoms with E-state index in [1.54, 1.807) is 0 Å². The van der Waals surface area contributed by atoms with Gasteiger partial charge in [-0.2, -0.15) is 13.2 Å². The Hall–Kier alpha value is -1.01. The summed E-state index contributed by atoms with van der Waals surface area (Å²) in [7, 11) is 3.78. The number of nitrogens with zero attached hydrogens (tertiary/aromatic N) is 2. The number of rotatable bonds is 4. The van der Waals surface area contributed by atoms with E-state index in [4.69, 9.17) is 11.6 Å². The van der Waals surface area contributed by atoms with Gasteiger partial charge in [-0.05, 0) is 20.2 Å². The van der Waals surface area contributed by atoms with Crippen LogP contribution in [0.3, 0.4) is 0 Å². The Kier molecular flexibility index (Phi) is 4.59. The first kappa shape index (κ1) is 14.1. The van der Waals surface area contributed by atoms with E-state index >= 15 is 0 Å². The van der Waals surface area contributed by atoms with Gasteiger partial charge in [-0.1, -0.05) is 11.6 Å². The third-order valence-electron chi connectivity index (χ3n) is 2.02. The number of hydrogen-bond donors (Lipinski definition) is 1. The Morgan fingerprint density at radius 3 is 2.53 bits per heavy atom. The maximum absolute atomic E-state index is 12.3. The van der Waals surface area contributed by atoms with Crippen molar-refractivity contribution < 1.29 is 13.2 Å². The average Bonchev–Trinajstić information content (AvgIpc) is 2.18. The van der Waals surface area contributed by atoms with Crippen molar-refractivity contribution in [3.05, 3.63) is 22.8 Å². The molecule has 1 aromatic heterocycles. The molecular formula is C10H13ClF3N3. The van der Waals surface area contributed by atoms with E-state index in [0.29, 0.717) is 6.54 Å². The number of halogens is 4. The number of alkyl halides is 3. The van der Waals surface area contributed by atoms with Crippen LogP contribution < -0.4 is 5.32 Å². The highest BCUT2D eigenvalue weighted by Gasteiger charge is 2.31. The summed E-state index contributed by atoms with van der Waals surface area (Å²) >= 11 is 5.71. The average molecular weight is 268 g/mol. The number of hydrogen-bond acceptors (Lipinski definition) is 3. The van der Waals surface area contributed by atoms with Gasteiger partial charge in [-0.3, -0.25) is 0 Å². The minimum absolute atomic E-state index is 0.0291. The highest BCUT2D eigenvalue weighted by Crippen LogP contribution is 2.32. The molecule has 0 aliphatic rings. The number of pyridine rings is 1. The van der Waals surface area contributed by atoms with Crippen LogP contribution in [0.15, 0.2) is 12.3 Å². The van der Waals surface area contributed by atoms with E-state index in [9.17, 15) is 13.2 Å². The zero-order chi connectivity index (χ0) is 13.1. The standard InChI is InChI=1S/C10H13ClF3N3/c1-17(2)4-3-15-9-8(11)5-7(6-16-9)10(12,13)14/h5-6H,3-4H2,1-2H3,(H,15,16). The van der Waals surface area contributed by atoms with E-state index in [0.717, 1.165) is 18.8 Å². The third-order valence-corrected chi connectivity index (χ3v) is 2.31. The molecule has 3 nitrogen and oxygen atoms in total. The van der Waals surface area contributed by atoms with Gasteiger partial charge in [0.05, 0.1) is 10.6 Å². The fraction of sp³-hybridized carbons (Fsp3) is 0.500. The minimum atomic E-state index is -4.42. The largest absolute Gasteiger partial charge is 0.417 e. The molecule has 1 aromatic rings. The predicted octanol–water partition coefficient (Wildman–Crippen LogP) is 2.73. The number of likely N-dealkylation sites (N-methyl/N-ethyl adjacent to an activating group) is 1. The van der Waals surface area contributed by atoms with Crippen molar-refractivity contribution >= 4 is 17.4 Å². The van der Waals surface area contributed by atoms with Crippen LogP contribution in [0.2, 0.25) is 5.02 Å². The van der Waals surface area contributed by atoms with Crippen molar-refractivity contribution in [3.8, 4) is 0 Å². The van der Waals surface area contributed by atoms with Crippen LogP contribution in [0.5, 0.6) is 0 Å². The SMILES string of the molecule is CN(C)CCNc1ncc(C(F)(F)F)cc1Cl. The second-order valence-corrected chi connectivity index (χ2v) is 4.19. The molecule has 0 atom stereocenters. The molecule has 0 unspecified atom stereocenters. The Labute approximate surface area is 103 Å². The first-order valence-electron chi connectivity index (χ1n) is 4.92. The molecule has 0 aliphatic carbocycles. The number of nitrogens with one attached hydrogen (secondary N) is 1. The predicted molar refractivity (Wildman–Crippen MR) is 61.3 cm³/mol. The Bertz CT molecular complexity index is 380. The molecule has 0 bridgehead atoms. The molecule has 96 valence electrons. The van der Waals surface area contributed by atoms with Gasteiger partial charge in [0.2, 0.25) is 0 Å². The second kappa shape index (κ2) is 5.55. The second-order valence-electron chi connectivity index (χ2n) is 3.78. The van der Waals surface area contributed by atoms with Gasteiger partial charge >= 0.3 is 6.18 Å². The summed E-state index contributed by atoms with van der Waals surface area (Å²) in [6, 6.07) is 0.868. The maximum atomic E-state index is 12.3. The van der Waals surface area contributed by atoms with Gasteiger partial charge in [-0.15, -0.1) is 0 Å². The smallest absolute Gasteiger partial charge is 0.368 e. The molecule has 1 rings (SSSR count). The van der Waals surface area contributed by atoms with E-state index in [2.05, 4.69) is 10.3 Å². The molecule has 0 spiro atoms. The van der Waals surface area contributed by atoms with Gasteiger partial charge in [0.25, 0.3) is 0 Å². The summed E-state index contributed by atoms with van der Waals surface area (Å²) in [6.07, 6.45) is -3.65. The van der Waals surface area contributed by atoms with Crippen LogP contribution in [-0.2, 0) is 6.18 Å².